The van der Waals surface area contributed by atoms with Crippen LogP contribution in [0.4, 0.5) is 5.82 Å². The van der Waals surface area contributed by atoms with Crippen LogP contribution in [0, 0.1) is 17.2 Å². The summed E-state index contributed by atoms with van der Waals surface area (Å²) in [6, 6.07) is 9.40. The molecule has 2 aromatic rings. The highest BCUT2D eigenvalue weighted by Crippen LogP contribution is 2.19. The van der Waals surface area contributed by atoms with E-state index in [2.05, 4.69) is 21.3 Å². The molecule has 124 valence electrons. The number of nitrogens with one attached hydrogen (secondary N) is 1. The maximum atomic E-state index is 11.7. The molecule has 3 heterocycles. The minimum Gasteiger partial charge on any atom is -0.369 e. The number of hydrogen-bond donors (Lipinski definition) is 1. The predicted octanol–water partition coefficient (Wildman–Crippen LogP) is 1.59. The summed E-state index contributed by atoms with van der Waals surface area (Å²) in [4.78, 5) is 18.3. The van der Waals surface area contributed by atoms with Crippen LogP contribution in [0.25, 0.3) is 0 Å². The third kappa shape index (κ3) is 3.81. The van der Waals surface area contributed by atoms with E-state index >= 15 is 0 Å². The van der Waals surface area contributed by atoms with Gasteiger partial charge >= 0.3 is 0 Å². The van der Waals surface area contributed by atoms with E-state index in [9.17, 15) is 4.79 Å². The number of pyridine rings is 2. The average molecular weight is 323 g/mol. The third-order valence-electron chi connectivity index (χ3n) is 4.43. The van der Waals surface area contributed by atoms with Crippen molar-refractivity contribution in [3.05, 3.63) is 58.1 Å². The maximum Gasteiger partial charge on any atom is 0.250 e. The molecule has 0 radical (unpaired) electrons. The van der Waals surface area contributed by atoms with Crippen molar-refractivity contribution in [3.63, 3.8) is 0 Å². The molecule has 6 heteroatoms. The van der Waals surface area contributed by atoms with Crippen LogP contribution in [0.3, 0.4) is 0 Å². The van der Waals surface area contributed by atoms with E-state index in [4.69, 9.17) is 5.26 Å². The number of likely N-dealkylation sites (tertiary alicyclic amines) is 1. The van der Waals surface area contributed by atoms with Crippen molar-refractivity contribution in [1.29, 1.82) is 5.26 Å². The van der Waals surface area contributed by atoms with Crippen LogP contribution in [0.5, 0.6) is 0 Å². The minimum absolute atomic E-state index is 0.0316. The highest BCUT2D eigenvalue weighted by molar-refractivity contribution is 5.51. The first kappa shape index (κ1) is 16.2. The molecule has 0 bridgehead atoms. The Morgan fingerprint density at radius 3 is 3.12 bits per heavy atom. The van der Waals surface area contributed by atoms with Gasteiger partial charge in [0.1, 0.15) is 11.9 Å². The first-order valence-electron chi connectivity index (χ1n) is 8.12. The van der Waals surface area contributed by atoms with E-state index in [1.165, 1.54) is 0 Å². The normalized spacial score (nSPS) is 17.6. The van der Waals surface area contributed by atoms with Crippen molar-refractivity contribution < 1.29 is 0 Å². The van der Waals surface area contributed by atoms with Gasteiger partial charge in [0, 0.05) is 45.1 Å². The summed E-state index contributed by atoms with van der Waals surface area (Å²) in [5.74, 6) is 1.18. The molecule has 0 aromatic carbocycles. The Morgan fingerprint density at radius 1 is 1.46 bits per heavy atom. The van der Waals surface area contributed by atoms with Crippen molar-refractivity contribution in [2.45, 2.75) is 13.0 Å². The second-order valence-electron chi connectivity index (χ2n) is 6.27. The first-order valence-corrected chi connectivity index (χ1v) is 8.12. The zero-order chi connectivity index (χ0) is 16.9. The van der Waals surface area contributed by atoms with E-state index in [1.807, 2.05) is 12.3 Å². The largest absolute Gasteiger partial charge is 0.369 e. The van der Waals surface area contributed by atoms with E-state index < -0.39 is 0 Å². The smallest absolute Gasteiger partial charge is 0.250 e. The second kappa shape index (κ2) is 7.28. The number of anilines is 1. The molecule has 1 N–H and O–H groups in total. The molecule has 0 amide bonds. The lowest BCUT2D eigenvalue weighted by Gasteiger charge is -2.17. The van der Waals surface area contributed by atoms with Crippen molar-refractivity contribution in [1.82, 2.24) is 14.5 Å². The van der Waals surface area contributed by atoms with Crippen LogP contribution in [0.1, 0.15) is 17.5 Å². The summed E-state index contributed by atoms with van der Waals surface area (Å²) in [6.45, 7) is 3.62. The molecule has 1 aliphatic rings. The van der Waals surface area contributed by atoms with Gasteiger partial charge in [-0.15, -0.1) is 0 Å². The number of hydrogen-bond acceptors (Lipinski definition) is 5. The second-order valence-corrected chi connectivity index (χ2v) is 6.27. The van der Waals surface area contributed by atoms with Gasteiger partial charge in [-0.3, -0.25) is 9.69 Å². The molecule has 1 fully saturated rings. The molecule has 0 aliphatic carbocycles. The van der Waals surface area contributed by atoms with Crippen molar-refractivity contribution >= 4 is 5.82 Å². The van der Waals surface area contributed by atoms with E-state index in [0.717, 1.165) is 38.2 Å². The van der Waals surface area contributed by atoms with Crippen LogP contribution in [0.15, 0.2) is 41.5 Å². The average Bonchev–Trinajstić information content (AvgIpc) is 3.04. The van der Waals surface area contributed by atoms with E-state index in [-0.39, 0.29) is 5.56 Å². The lowest BCUT2D eigenvalue weighted by molar-refractivity contribution is 0.318. The Morgan fingerprint density at radius 2 is 2.33 bits per heavy atom. The van der Waals surface area contributed by atoms with Crippen LogP contribution < -0.4 is 10.9 Å². The van der Waals surface area contributed by atoms with E-state index in [1.54, 1.807) is 36.0 Å². The fourth-order valence-electron chi connectivity index (χ4n) is 3.05. The van der Waals surface area contributed by atoms with Gasteiger partial charge in [-0.05, 0) is 42.6 Å². The highest BCUT2D eigenvalue weighted by atomic mass is 16.1. The van der Waals surface area contributed by atoms with Gasteiger partial charge in [0.2, 0.25) is 0 Å². The summed E-state index contributed by atoms with van der Waals surface area (Å²) in [7, 11) is 1.76. The molecular formula is C18H21N5O. The summed E-state index contributed by atoms with van der Waals surface area (Å²) < 4.78 is 1.58. The molecule has 1 saturated heterocycles. The quantitative estimate of drug-likeness (QED) is 0.904. The Balaban J connectivity index is 1.53. The van der Waals surface area contributed by atoms with Crippen LogP contribution in [-0.2, 0) is 13.6 Å². The van der Waals surface area contributed by atoms with Gasteiger partial charge in [-0.1, -0.05) is 0 Å². The van der Waals surface area contributed by atoms with Crippen LogP contribution >= 0.6 is 0 Å². The van der Waals surface area contributed by atoms with Crippen molar-refractivity contribution in [2.24, 2.45) is 13.0 Å². The third-order valence-corrected chi connectivity index (χ3v) is 4.43. The fourth-order valence-corrected chi connectivity index (χ4v) is 3.05. The lowest BCUT2D eigenvalue weighted by atomic mass is 10.1. The topological polar surface area (TPSA) is 74.0 Å². The molecule has 1 atom stereocenters. The van der Waals surface area contributed by atoms with Gasteiger partial charge in [0.05, 0.1) is 5.56 Å². The number of aryl methyl sites for hydroxylation is 1. The van der Waals surface area contributed by atoms with Gasteiger partial charge in [0.25, 0.3) is 5.56 Å². The monoisotopic (exact) mass is 323 g/mol. The maximum absolute atomic E-state index is 11.7. The van der Waals surface area contributed by atoms with Gasteiger partial charge in [-0.25, -0.2) is 4.98 Å². The number of rotatable bonds is 5. The van der Waals surface area contributed by atoms with Crippen LogP contribution in [-0.4, -0.2) is 34.1 Å². The molecule has 1 aliphatic heterocycles. The standard InChI is InChI=1S/C18H21N5O/c1-22-7-4-14(9-17(22)24)12-23-8-5-15(13-23)11-21-18-16(10-19)3-2-6-20-18/h2-4,6-7,9,15H,5,8,11-13H2,1H3,(H,20,21)/t15-/m0/s1. The zero-order valence-electron chi connectivity index (χ0n) is 13.8. The van der Waals surface area contributed by atoms with E-state index in [0.29, 0.717) is 17.3 Å². The van der Waals surface area contributed by atoms with Gasteiger partial charge in [0.15, 0.2) is 0 Å². The first-order chi connectivity index (χ1) is 11.7. The number of aromatic nitrogens is 2. The summed E-state index contributed by atoms with van der Waals surface area (Å²) in [5.41, 5.74) is 1.67. The Labute approximate surface area is 141 Å². The SMILES string of the molecule is Cn1ccc(CN2CC[C@@H](CNc3ncccc3C#N)C2)cc1=O. The Kier molecular flexibility index (Phi) is 4.92. The van der Waals surface area contributed by atoms with Gasteiger partial charge < -0.3 is 9.88 Å². The number of nitriles is 1. The Hall–Kier alpha value is -2.65. The highest BCUT2D eigenvalue weighted by Gasteiger charge is 2.22. The fraction of sp³-hybridized carbons (Fsp3) is 0.389. The molecule has 24 heavy (non-hydrogen) atoms. The minimum atomic E-state index is 0.0316. The molecule has 0 spiro atoms. The lowest BCUT2D eigenvalue weighted by Crippen LogP contribution is -2.24. The molecule has 0 saturated carbocycles. The predicted molar refractivity (Wildman–Crippen MR) is 92.5 cm³/mol. The molecule has 3 rings (SSSR count). The molecule has 0 unspecified atom stereocenters. The Bertz CT molecular complexity index is 808. The number of nitrogens with zero attached hydrogens (tertiary/aromatic N) is 4. The van der Waals surface area contributed by atoms with Gasteiger partial charge in [-0.2, -0.15) is 5.26 Å². The summed E-state index contributed by atoms with van der Waals surface area (Å²) >= 11 is 0. The summed E-state index contributed by atoms with van der Waals surface area (Å²) in [5, 5.41) is 12.4. The molecular weight excluding hydrogens is 302 g/mol. The zero-order valence-corrected chi connectivity index (χ0v) is 13.8. The van der Waals surface area contributed by atoms with Crippen LogP contribution in [0.2, 0.25) is 0 Å². The molecule has 2 aromatic heterocycles. The van der Waals surface area contributed by atoms with Crippen molar-refractivity contribution in [3.8, 4) is 6.07 Å². The summed E-state index contributed by atoms with van der Waals surface area (Å²) in [6.07, 6.45) is 4.61. The van der Waals surface area contributed by atoms with Crippen molar-refractivity contribution in [2.75, 3.05) is 25.0 Å². The molecule has 6 nitrogen and oxygen atoms in total.